The zero-order valence-corrected chi connectivity index (χ0v) is 17.4. The van der Waals surface area contributed by atoms with Crippen molar-refractivity contribution in [1.82, 2.24) is 20.2 Å². The summed E-state index contributed by atoms with van der Waals surface area (Å²) in [4.78, 5) is 9.02. The van der Waals surface area contributed by atoms with Gasteiger partial charge < -0.3 is 29.6 Å². The van der Waals surface area contributed by atoms with Crippen molar-refractivity contribution in [3.63, 3.8) is 0 Å². The Hall–Kier alpha value is -4.47. The van der Waals surface area contributed by atoms with Gasteiger partial charge in [-0.2, -0.15) is 4.98 Å². The minimum Gasteiger partial charge on any atom is -0.497 e. The first-order valence-corrected chi connectivity index (χ1v) is 9.77. The van der Waals surface area contributed by atoms with Crippen LogP contribution in [-0.4, -0.2) is 41.2 Å². The summed E-state index contributed by atoms with van der Waals surface area (Å²) in [5.41, 5.74) is 2.28. The van der Waals surface area contributed by atoms with Gasteiger partial charge in [0.05, 0.1) is 25.5 Å². The fourth-order valence-corrected chi connectivity index (χ4v) is 3.27. The van der Waals surface area contributed by atoms with E-state index in [-0.39, 0.29) is 6.79 Å². The number of nitrogens with zero attached hydrogens (tertiary/aromatic N) is 3. The second-order valence-electron chi connectivity index (χ2n) is 6.79. The van der Waals surface area contributed by atoms with Crippen molar-refractivity contribution in [3.05, 3.63) is 54.7 Å². The molecule has 2 aromatic heterocycles. The molecule has 0 radical (unpaired) electrons. The molecule has 10 nitrogen and oxygen atoms in total. The van der Waals surface area contributed by atoms with Gasteiger partial charge >= 0.3 is 0 Å². The normalized spacial score (nSPS) is 11.8. The fourth-order valence-electron chi connectivity index (χ4n) is 3.27. The number of fused-ring (bicyclic) bond motifs is 1. The summed E-state index contributed by atoms with van der Waals surface area (Å²) < 4.78 is 21.5. The Bertz CT molecular complexity index is 1260. The van der Waals surface area contributed by atoms with Gasteiger partial charge in [-0.05, 0) is 36.4 Å². The van der Waals surface area contributed by atoms with Crippen molar-refractivity contribution >= 4 is 23.1 Å². The molecule has 0 spiro atoms. The molecular weight excluding hydrogens is 412 g/mol. The molecule has 0 aliphatic carbocycles. The van der Waals surface area contributed by atoms with E-state index < -0.39 is 0 Å². The van der Waals surface area contributed by atoms with E-state index >= 15 is 0 Å². The average Bonchev–Trinajstić information content (AvgIpc) is 3.49. The van der Waals surface area contributed by atoms with Crippen LogP contribution in [0.25, 0.3) is 11.4 Å². The predicted molar refractivity (Wildman–Crippen MR) is 118 cm³/mol. The van der Waals surface area contributed by atoms with Gasteiger partial charge in [0, 0.05) is 24.0 Å². The number of rotatable bonds is 7. The summed E-state index contributed by atoms with van der Waals surface area (Å²) in [7, 11) is 3.19. The molecular formula is C22H20N6O4. The number of aromatic amines is 1. The number of aromatic nitrogens is 4. The van der Waals surface area contributed by atoms with Crippen molar-refractivity contribution in [2.24, 2.45) is 0 Å². The second-order valence-corrected chi connectivity index (χ2v) is 6.79. The van der Waals surface area contributed by atoms with Crippen LogP contribution >= 0.6 is 0 Å². The lowest BCUT2D eigenvalue weighted by atomic mass is 10.2. The highest BCUT2D eigenvalue weighted by Crippen LogP contribution is 2.36. The summed E-state index contributed by atoms with van der Waals surface area (Å²) in [6.45, 7) is 0.223. The molecule has 0 amide bonds. The van der Waals surface area contributed by atoms with Gasteiger partial charge in [-0.15, -0.1) is 5.10 Å². The van der Waals surface area contributed by atoms with Crippen molar-refractivity contribution in [3.8, 4) is 34.4 Å². The van der Waals surface area contributed by atoms with E-state index in [9.17, 15) is 0 Å². The number of hydrogen-bond acceptors (Lipinski definition) is 9. The Morgan fingerprint density at radius 3 is 2.75 bits per heavy atom. The summed E-state index contributed by atoms with van der Waals surface area (Å²) in [5.74, 6) is 4.28. The van der Waals surface area contributed by atoms with Crippen molar-refractivity contribution in [2.75, 3.05) is 31.6 Å². The monoisotopic (exact) mass is 432 g/mol. The van der Waals surface area contributed by atoms with Crippen LogP contribution in [0.3, 0.4) is 0 Å². The smallest absolute Gasteiger partial charge is 0.246 e. The molecule has 2 aromatic carbocycles. The fraction of sp³-hybridized carbons (Fsp3) is 0.136. The van der Waals surface area contributed by atoms with E-state index in [1.807, 2.05) is 42.5 Å². The largest absolute Gasteiger partial charge is 0.497 e. The molecule has 10 heteroatoms. The Kier molecular flexibility index (Phi) is 5.08. The third kappa shape index (κ3) is 3.81. The molecule has 0 atom stereocenters. The predicted octanol–water partition coefficient (Wildman–Crippen LogP) is 4.10. The van der Waals surface area contributed by atoms with Gasteiger partial charge in [0.15, 0.2) is 17.3 Å². The van der Waals surface area contributed by atoms with E-state index in [4.69, 9.17) is 18.9 Å². The van der Waals surface area contributed by atoms with Crippen molar-refractivity contribution < 1.29 is 18.9 Å². The van der Waals surface area contributed by atoms with Gasteiger partial charge in [0.25, 0.3) is 0 Å². The molecule has 0 saturated heterocycles. The molecule has 5 rings (SSSR count). The molecule has 4 aromatic rings. The third-order valence-corrected chi connectivity index (χ3v) is 4.84. The number of pyridine rings is 1. The molecule has 0 bridgehead atoms. The molecule has 1 aliphatic rings. The molecule has 0 fully saturated rings. The van der Waals surface area contributed by atoms with E-state index in [1.165, 1.54) is 0 Å². The standard InChI is InChI=1S/C22H20N6O4/c1-29-14-6-7-16(18(11-14)30-2)25-22-26-21(27-28-22)15-4-3-9-23-20(15)24-13-5-8-17-19(10-13)32-12-31-17/h3-11H,12H2,1-2H3,(H,23,24)(H2,25,26,27,28). The maximum absolute atomic E-state index is 5.45. The van der Waals surface area contributed by atoms with Gasteiger partial charge in [-0.25, -0.2) is 4.98 Å². The molecule has 32 heavy (non-hydrogen) atoms. The molecule has 162 valence electrons. The van der Waals surface area contributed by atoms with E-state index in [2.05, 4.69) is 30.8 Å². The van der Waals surface area contributed by atoms with Gasteiger partial charge in [0.1, 0.15) is 17.3 Å². The van der Waals surface area contributed by atoms with E-state index in [1.54, 1.807) is 26.5 Å². The number of benzene rings is 2. The Morgan fingerprint density at radius 1 is 0.969 bits per heavy atom. The van der Waals surface area contributed by atoms with Gasteiger partial charge in [0.2, 0.25) is 12.7 Å². The van der Waals surface area contributed by atoms with E-state index in [0.717, 1.165) is 17.0 Å². The number of anilines is 4. The first-order valence-electron chi connectivity index (χ1n) is 9.77. The number of nitrogens with one attached hydrogen (secondary N) is 3. The van der Waals surface area contributed by atoms with Crippen molar-refractivity contribution in [1.29, 1.82) is 0 Å². The summed E-state index contributed by atoms with van der Waals surface area (Å²) in [6, 6.07) is 14.8. The third-order valence-electron chi connectivity index (χ3n) is 4.84. The molecule has 3 N–H and O–H groups in total. The topological polar surface area (TPSA) is 115 Å². The summed E-state index contributed by atoms with van der Waals surface area (Å²) >= 11 is 0. The maximum Gasteiger partial charge on any atom is 0.246 e. The van der Waals surface area contributed by atoms with Crippen LogP contribution in [0.15, 0.2) is 54.7 Å². The molecule has 0 unspecified atom stereocenters. The highest BCUT2D eigenvalue weighted by atomic mass is 16.7. The SMILES string of the molecule is COc1ccc(Nc2n[nH]c(-c3cccnc3Nc3ccc4c(c3)OCO4)n2)c(OC)c1. The number of hydrogen-bond donors (Lipinski definition) is 3. The lowest BCUT2D eigenvalue weighted by molar-refractivity contribution is 0.174. The Balaban J connectivity index is 1.39. The van der Waals surface area contributed by atoms with Crippen LogP contribution in [0.2, 0.25) is 0 Å². The minimum absolute atomic E-state index is 0.223. The lowest BCUT2D eigenvalue weighted by Gasteiger charge is -2.10. The first kappa shape index (κ1) is 19.5. The maximum atomic E-state index is 5.45. The lowest BCUT2D eigenvalue weighted by Crippen LogP contribution is -1.98. The highest BCUT2D eigenvalue weighted by Gasteiger charge is 2.16. The minimum atomic E-state index is 0.223. The Labute approximate surface area is 183 Å². The van der Waals surface area contributed by atoms with Crippen LogP contribution < -0.4 is 29.6 Å². The van der Waals surface area contributed by atoms with Crippen molar-refractivity contribution in [2.45, 2.75) is 0 Å². The molecule has 0 saturated carbocycles. The zero-order valence-electron chi connectivity index (χ0n) is 17.4. The highest BCUT2D eigenvalue weighted by molar-refractivity contribution is 5.76. The second kappa shape index (κ2) is 8.34. The van der Waals surface area contributed by atoms with Crippen LogP contribution in [0.1, 0.15) is 0 Å². The van der Waals surface area contributed by atoms with E-state index in [0.29, 0.717) is 40.5 Å². The quantitative estimate of drug-likeness (QED) is 0.397. The van der Waals surface area contributed by atoms with Gasteiger partial charge in [-0.3, -0.25) is 5.10 Å². The number of ether oxygens (including phenoxy) is 4. The van der Waals surface area contributed by atoms with Crippen LogP contribution in [0.4, 0.5) is 23.1 Å². The average molecular weight is 432 g/mol. The Morgan fingerprint density at radius 2 is 1.88 bits per heavy atom. The van der Waals surface area contributed by atoms with Crippen LogP contribution in [0.5, 0.6) is 23.0 Å². The van der Waals surface area contributed by atoms with Crippen LogP contribution in [0, 0.1) is 0 Å². The first-order chi connectivity index (χ1) is 15.7. The number of H-pyrrole nitrogens is 1. The van der Waals surface area contributed by atoms with Crippen LogP contribution in [-0.2, 0) is 0 Å². The van der Waals surface area contributed by atoms with Gasteiger partial charge in [-0.1, -0.05) is 0 Å². The molecule has 1 aliphatic heterocycles. The molecule has 3 heterocycles. The zero-order chi connectivity index (χ0) is 21.9. The summed E-state index contributed by atoms with van der Waals surface area (Å²) in [6.07, 6.45) is 1.70. The summed E-state index contributed by atoms with van der Waals surface area (Å²) in [5, 5.41) is 13.7. The number of methoxy groups -OCH3 is 2.